The van der Waals surface area contributed by atoms with Crippen molar-refractivity contribution in [2.75, 3.05) is 47.5 Å². The monoisotopic (exact) mass is 785 g/mol. The SMILES string of the molecule is CCCCCCCCCCC/C=C/CCCCC(=O)OC[C@H](COP(=O)(O)OCC[N+](C)(C)C)OC(=O)/C=C/C=C/CCCCCCCCCCCCC. The van der Waals surface area contributed by atoms with Crippen LogP contribution in [0.5, 0.6) is 0 Å². The van der Waals surface area contributed by atoms with Crippen LogP contribution in [0, 0.1) is 0 Å². The third kappa shape index (κ3) is 39.9. The molecule has 316 valence electrons. The van der Waals surface area contributed by atoms with Gasteiger partial charge in [0.05, 0.1) is 27.7 Å². The van der Waals surface area contributed by atoms with E-state index in [1.165, 1.54) is 128 Å². The van der Waals surface area contributed by atoms with Gasteiger partial charge < -0.3 is 18.9 Å². The maximum absolute atomic E-state index is 12.6. The highest BCUT2D eigenvalue weighted by molar-refractivity contribution is 7.47. The van der Waals surface area contributed by atoms with E-state index in [2.05, 4.69) is 26.0 Å². The van der Waals surface area contributed by atoms with E-state index < -0.39 is 32.5 Å². The molecule has 0 aromatic heterocycles. The summed E-state index contributed by atoms with van der Waals surface area (Å²) in [4.78, 5) is 35.2. The number of ether oxygens (including phenoxy) is 2. The molecule has 0 saturated carbocycles. The number of nitrogens with zero attached hydrogens (tertiary/aromatic N) is 1. The molecule has 0 spiro atoms. The summed E-state index contributed by atoms with van der Waals surface area (Å²) in [5.41, 5.74) is 0. The second-order valence-corrected chi connectivity index (χ2v) is 17.3. The van der Waals surface area contributed by atoms with Crippen LogP contribution in [0.15, 0.2) is 36.5 Å². The molecule has 0 heterocycles. The smallest absolute Gasteiger partial charge is 0.462 e. The van der Waals surface area contributed by atoms with E-state index in [1.54, 1.807) is 6.08 Å². The van der Waals surface area contributed by atoms with Gasteiger partial charge in [-0.05, 0) is 44.9 Å². The number of hydrogen-bond donors (Lipinski definition) is 1. The molecule has 1 unspecified atom stereocenters. The Labute approximate surface area is 331 Å². The predicted octanol–water partition coefficient (Wildman–Crippen LogP) is 12.1. The first-order chi connectivity index (χ1) is 26.0. The Balaban J connectivity index is 4.50. The fourth-order valence-electron chi connectivity index (χ4n) is 5.80. The molecule has 0 radical (unpaired) electrons. The number of unbranched alkanes of at least 4 members (excludes halogenated alkanes) is 22. The topological polar surface area (TPSA) is 108 Å². The molecule has 0 aromatic carbocycles. The zero-order chi connectivity index (χ0) is 40.0. The van der Waals surface area contributed by atoms with E-state index in [9.17, 15) is 19.0 Å². The molecule has 0 fully saturated rings. The number of phosphoric ester groups is 1. The molecule has 0 aromatic rings. The van der Waals surface area contributed by atoms with Gasteiger partial charge in [-0.3, -0.25) is 13.8 Å². The van der Waals surface area contributed by atoms with Crippen LogP contribution >= 0.6 is 7.82 Å². The van der Waals surface area contributed by atoms with Gasteiger partial charge >= 0.3 is 19.8 Å². The zero-order valence-corrected chi connectivity index (χ0v) is 36.3. The highest BCUT2D eigenvalue weighted by Crippen LogP contribution is 2.43. The maximum Gasteiger partial charge on any atom is 0.472 e. The van der Waals surface area contributed by atoms with E-state index in [0.717, 1.165) is 32.1 Å². The Morgan fingerprint density at radius 2 is 1.07 bits per heavy atom. The van der Waals surface area contributed by atoms with Crippen molar-refractivity contribution in [1.29, 1.82) is 0 Å². The van der Waals surface area contributed by atoms with Crippen molar-refractivity contribution in [2.24, 2.45) is 0 Å². The molecular formula is C44H83NO8P+. The lowest BCUT2D eigenvalue weighted by Crippen LogP contribution is -2.37. The number of rotatable bonds is 39. The first-order valence-electron chi connectivity index (χ1n) is 21.8. The fraction of sp³-hybridized carbons (Fsp3) is 0.818. The van der Waals surface area contributed by atoms with Gasteiger partial charge in [-0.25, -0.2) is 9.36 Å². The van der Waals surface area contributed by atoms with Crippen molar-refractivity contribution >= 4 is 19.8 Å². The average Bonchev–Trinajstić information content (AvgIpc) is 3.12. The van der Waals surface area contributed by atoms with Gasteiger partial charge in [0.2, 0.25) is 0 Å². The number of allylic oxidation sites excluding steroid dienone is 5. The molecule has 10 heteroatoms. The third-order valence-electron chi connectivity index (χ3n) is 9.25. The van der Waals surface area contributed by atoms with Gasteiger partial charge in [0.25, 0.3) is 0 Å². The lowest BCUT2D eigenvalue weighted by atomic mass is 10.1. The third-order valence-corrected chi connectivity index (χ3v) is 10.2. The Morgan fingerprint density at radius 3 is 1.57 bits per heavy atom. The molecule has 0 bridgehead atoms. The largest absolute Gasteiger partial charge is 0.472 e. The minimum absolute atomic E-state index is 0.0133. The van der Waals surface area contributed by atoms with Crippen LogP contribution in [0.2, 0.25) is 0 Å². The number of esters is 2. The van der Waals surface area contributed by atoms with Gasteiger partial charge in [-0.1, -0.05) is 160 Å². The Morgan fingerprint density at radius 1 is 0.611 bits per heavy atom. The lowest BCUT2D eigenvalue weighted by molar-refractivity contribution is -0.870. The summed E-state index contributed by atoms with van der Waals surface area (Å²) in [6.45, 7) is 4.27. The molecule has 54 heavy (non-hydrogen) atoms. The van der Waals surface area contributed by atoms with Crippen LogP contribution in [-0.4, -0.2) is 74.9 Å². The van der Waals surface area contributed by atoms with Crippen LogP contribution in [-0.2, 0) is 32.7 Å². The molecule has 9 nitrogen and oxygen atoms in total. The molecule has 0 saturated heterocycles. The van der Waals surface area contributed by atoms with Crippen LogP contribution < -0.4 is 0 Å². The summed E-state index contributed by atoms with van der Waals surface area (Å²) in [5, 5.41) is 0. The second-order valence-electron chi connectivity index (χ2n) is 15.8. The van der Waals surface area contributed by atoms with E-state index in [1.807, 2.05) is 33.3 Å². The van der Waals surface area contributed by atoms with Crippen molar-refractivity contribution in [3.8, 4) is 0 Å². The van der Waals surface area contributed by atoms with Gasteiger partial charge in [-0.15, -0.1) is 0 Å². The number of hydrogen-bond acceptors (Lipinski definition) is 7. The number of quaternary nitrogens is 1. The quantitative estimate of drug-likeness (QED) is 0.0125. The van der Waals surface area contributed by atoms with Crippen molar-refractivity contribution in [2.45, 2.75) is 187 Å². The first-order valence-corrected chi connectivity index (χ1v) is 23.3. The minimum Gasteiger partial charge on any atom is -0.462 e. The van der Waals surface area contributed by atoms with Crippen LogP contribution in [0.4, 0.5) is 0 Å². The van der Waals surface area contributed by atoms with E-state index >= 15 is 0 Å². The van der Waals surface area contributed by atoms with Gasteiger partial charge in [-0.2, -0.15) is 0 Å². The number of likely N-dealkylation sites (N-methyl/N-ethyl adjacent to an activating group) is 1. The van der Waals surface area contributed by atoms with E-state index in [4.69, 9.17) is 18.5 Å². The highest BCUT2D eigenvalue weighted by Gasteiger charge is 2.26. The summed E-state index contributed by atoms with van der Waals surface area (Å²) < 4.78 is 34.0. The zero-order valence-electron chi connectivity index (χ0n) is 35.5. The van der Waals surface area contributed by atoms with Crippen molar-refractivity contribution in [1.82, 2.24) is 0 Å². The summed E-state index contributed by atoms with van der Waals surface area (Å²) >= 11 is 0. The van der Waals surface area contributed by atoms with Crippen molar-refractivity contribution in [3.05, 3.63) is 36.5 Å². The standard InChI is InChI=1S/C44H82NO8P/c1-6-8-10-12-14-16-18-20-22-24-26-28-30-32-34-36-43(46)50-40-42(41-52-54(48,49)51-39-38-45(3,4)5)53-44(47)37-35-33-31-29-27-25-23-21-19-17-15-13-11-9-7-2/h26,28,31,33,35,37,42H,6-25,27,29-30,32,34,36,38-41H2,1-5H3/p+1/b28-26+,33-31+,37-35+/t42-/m1/s1. The Kier molecular flexibility index (Phi) is 35.6. The first kappa shape index (κ1) is 52.2. The number of carbonyl (C=O) groups excluding carboxylic acids is 2. The normalized spacial score (nSPS) is 14.0. The molecule has 0 aliphatic carbocycles. The Hall–Kier alpha value is -1.77. The number of phosphoric acid groups is 1. The summed E-state index contributed by atoms with van der Waals surface area (Å²) in [5.74, 6) is -1.08. The molecule has 0 amide bonds. The van der Waals surface area contributed by atoms with E-state index in [0.29, 0.717) is 17.4 Å². The summed E-state index contributed by atoms with van der Waals surface area (Å²) in [6.07, 6.45) is 41.2. The van der Waals surface area contributed by atoms with Crippen LogP contribution in [0.25, 0.3) is 0 Å². The van der Waals surface area contributed by atoms with Gasteiger partial charge in [0, 0.05) is 12.5 Å². The highest BCUT2D eigenvalue weighted by atomic mass is 31.2. The lowest BCUT2D eigenvalue weighted by Gasteiger charge is -2.24. The molecular weight excluding hydrogens is 701 g/mol. The fourth-order valence-corrected chi connectivity index (χ4v) is 6.54. The molecule has 2 atom stereocenters. The minimum atomic E-state index is -4.40. The Bertz CT molecular complexity index is 1020. The van der Waals surface area contributed by atoms with Gasteiger partial charge in [0.15, 0.2) is 6.10 Å². The van der Waals surface area contributed by atoms with Crippen LogP contribution in [0.1, 0.15) is 181 Å². The molecule has 1 N–H and O–H groups in total. The van der Waals surface area contributed by atoms with Crippen molar-refractivity contribution < 1.29 is 42.1 Å². The summed E-state index contributed by atoms with van der Waals surface area (Å²) in [6, 6.07) is 0. The predicted molar refractivity (Wildman–Crippen MR) is 224 cm³/mol. The summed E-state index contributed by atoms with van der Waals surface area (Å²) in [7, 11) is 1.41. The number of carbonyl (C=O) groups is 2. The average molecular weight is 785 g/mol. The molecule has 0 rings (SSSR count). The molecule has 0 aliphatic rings. The van der Waals surface area contributed by atoms with Crippen molar-refractivity contribution in [3.63, 3.8) is 0 Å². The second kappa shape index (κ2) is 36.8. The van der Waals surface area contributed by atoms with Crippen LogP contribution in [0.3, 0.4) is 0 Å². The molecule has 0 aliphatic heterocycles. The maximum atomic E-state index is 12.6. The van der Waals surface area contributed by atoms with E-state index in [-0.39, 0.29) is 19.6 Å². The van der Waals surface area contributed by atoms with Gasteiger partial charge in [0.1, 0.15) is 19.8 Å².